The van der Waals surface area contributed by atoms with Gasteiger partial charge in [-0.2, -0.15) is 0 Å². The Balaban J connectivity index is 1.12. The molecule has 7 nitrogen and oxygen atoms in total. The van der Waals surface area contributed by atoms with Crippen molar-refractivity contribution in [2.75, 3.05) is 25.0 Å². The van der Waals surface area contributed by atoms with Crippen LogP contribution in [0.25, 0.3) is 16.7 Å². The monoisotopic (exact) mass is 481 g/mol. The lowest BCUT2D eigenvalue weighted by atomic mass is 10.0. The molecule has 0 bridgehead atoms. The van der Waals surface area contributed by atoms with E-state index in [1.54, 1.807) is 0 Å². The number of amides is 2. The number of carbonyl (C=O) groups excluding carboxylic acids is 2. The summed E-state index contributed by atoms with van der Waals surface area (Å²) in [6.07, 6.45) is 2.63. The van der Waals surface area contributed by atoms with Gasteiger partial charge in [0.05, 0.1) is 17.6 Å². The molecular weight excluding hydrogens is 450 g/mol. The van der Waals surface area contributed by atoms with Gasteiger partial charge in [0.1, 0.15) is 5.82 Å². The molecule has 184 valence electrons. The zero-order valence-electron chi connectivity index (χ0n) is 20.3. The molecule has 0 saturated carbocycles. The van der Waals surface area contributed by atoms with Crippen LogP contribution in [0.3, 0.4) is 0 Å². The number of imidazole rings is 1. The summed E-state index contributed by atoms with van der Waals surface area (Å²) in [6, 6.07) is 27.8. The maximum atomic E-state index is 12.8. The van der Waals surface area contributed by atoms with Crippen LogP contribution in [0.15, 0.2) is 84.9 Å². The van der Waals surface area contributed by atoms with Crippen LogP contribution in [0.2, 0.25) is 0 Å². The predicted octanol–water partition coefficient (Wildman–Crippen LogP) is 4.18. The number of likely N-dealkylation sites (tertiary alicyclic amines) is 1. The minimum Gasteiger partial charge on any atom is -0.353 e. The zero-order valence-corrected chi connectivity index (χ0v) is 20.3. The molecular formula is C29H31N5O2. The number of benzene rings is 3. The molecule has 2 N–H and O–H groups in total. The maximum absolute atomic E-state index is 12.8. The molecule has 1 aromatic heterocycles. The quantitative estimate of drug-likeness (QED) is 0.396. The molecule has 0 atom stereocenters. The highest BCUT2D eigenvalue weighted by molar-refractivity contribution is 5.92. The second-order valence-electron chi connectivity index (χ2n) is 9.22. The Morgan fingerprint density at radius 3 is 2.25 bits per heavy atom. The van der Waals surface area contributed by atoms with E-state index in [2.05, 4.69) is 38.3 Å². The van der Waals surface area contributed by atoms with Crippen molar-refractivity contribution in [3.63, 3.8) is 0 Å². The van der Waals surface area contributed by atoms with Crippen molar-refractivity contribution in [1.82, 2.24) is 19.8 Å². The summed E-state index contributed by atoms with van der Waals surface area (Å²) in [5.74, 6) is 0.920. The Labute approximate surface area is 211 Å². The number of nitrogens with zero attached hydrogens (tertiary/aromatic N) is 3. The van der Waals surface area contributed by atoms with Crippen LogP contribution in [-0.2, 0) is 16.0 Å². The Kier molecular flexibility index (Phi) is 7.38. The van der Waals surface area contributed by atoms with Gasteiger partial charge in [-0.25, -0.2) is 4.98 Å². The van der Waals surface area contributed by atoms with Crippen LogP contribution in [0.5, 0.6) is 0 Å². The van der Waals surface area contributed by atoms with Crippen molar-refractivity contribution >= 4 is 28.5 Å². The first-order valence-electron chi connectivity index (χ1n) is 12.5. The lowest BCUT2D eigenvalue weighted by Gasteiger charge is -2.31. The third-order valence-corrected chi connectivity index (χ3v) is 6.60. The smallest absolute Gasteiger partial charge is 0.238 e. The number of aromatic nitrogens is 2. The molecule has 5 rings (SSSR count). The van der Waals surface area contributed by atoms with Gasteiger partial charge >= 0.3 is 0 Å². The van der Waals surface area contributed by atoms with E-state index in [4.69, 9.17) is 4.98 Å². The van der Waals surface area contributed by atoms with Gasteiger partial charge in [0, 0.05) is 43.3 Å². The number of nitrogens with one attached hydrogen (secondary N) is 2. The first-order valence-corrected chi connectivity index (χ1v) is 12.5. The fraction of sp³-hybridized carbons (Fsp3) is 0.276. The normalized spacial score (nSPS) is 14.6. The molecule has 3 aromatic carbocycles. The zero-order chi connectivity index (χ0) is 24.7. The molecule has 0 spiro atoms. The molecule has 2 amide bonds. The Bertz CT molecular complexity index is 1310. The summed E-state index contributed by atoms with van der Waals surface area (Å²) in [5, 5.41) is 6.13. The van der Waals surface area contributed by atoms with E-state index in [-0.39, 0.29) is 17.9 Å². The van der Waals surface area contributed by atoms with E-state index < -0.39 is 0 Å². The summed E-state index contributed by atoms with van der Waals surface area (Å²) in [7, 11) is 0. The number of aryl methyl sites for hydroxylation is 1. The van der Waals surface area contributed by atoms with Crippen molar-refractivity contribution in [3.05, 3.63) is 90.8 Å². The van der Waals surface area contributed by atoms with E-state index >= 15 is 0 Å². The number of anilines is 1. The van der Waals surface area contributed by atoms with Gasteiger partial charge < -0.3 is 10.6 Å². The highest BCUT2D eigenvalue weighted by Gasteiger charge is 2.22. The van der Waals surface area contributed by atoms with Crippen molar-refractivity contribution in [2.45, 2.75) is 31.7 Å². The van der Waals surface area contributed by atoms with Gasteiger partial charge in [-0.15, -0.1) is 0 Å². The maximum Gasteiger partial charge on any atom is 0.238 e. The second kappa shape index (κ2) is 11.2. The molecule has 1 saturated heterocycles. The number of hydrogen-bond donors (Lipinski definition) is 2. The molecule has 0 aliphatic carbocycles. The lowest BCUT2D eigenvalue weighted by molar-refractivity contribution is -0.122. The van der Waals surface area contributed by atoms with Gasteiger partial charge in [0.15, 0.2) is 0 Å². The topological polar surface area (TPSA) is 79.3 Å². The van der Waals surface area contributed by atoms with Gasteiger partial charge in [-0.05, 0) is 49.2 Å². The van der Waals surface area contributed by atoms with Crippen LogP contribution in [0, 0.1) is 0 Å². The van der Waals surface area contributed by atoms with Crippen LogP contribution in [0.4, 0.5) is 5.69 Å². The molecule has 1 aliphatic rings. The van der Waals surface area contributed by atoms with E-state index in [1.165, 1.54) is 0 Å². The molecule has 7 heteroatoms. The average molecular weight is 482 g/mol. The minimum absolute atomic E-state index is 0.00927. The van der Waals surface area contributed by atoms with Crippen molar-refractivity contribution in [3.8, 4) is 5.69 Å². The SMILES string of the molecule is O=C(CN1CCC(NC(=O)CCc2nc3ccccc3n2-c2ccccc2)CC1)Nc1ccccc1. The number of carbonyl (C=O) groups is 2. The van der Waals surface area contributed by atoms with Gasteiger partial charge in [0.25, 0.3) is 0 Å². The standard InChI is InChI=1S/C29H31N5O2/c35-28(30-23-17-19-33(20-18-23)21-29(36)31-22-9-3-1-4-10-22)16-15-27-32-25-13-7-8-14-26(25)34(27)24-11-5-2-6-12-24/h1-14,23H,15-21H2,(H,30,35)(H,31,36). The summed E-state index contributed by atoms with van der Waals surface area (Å²) in [6.45, 7) is 1.94. The van der Waals surface area contributed by atoms with Gasteiger partial charge in [-0.3, -0.25) is 19.1 Å². The largest absolute Gasteiger partial charge is 0.353 e. The van der Waals surface area contributed by atoms with Crippen LogP contribution in [0.1, 0.15) is 25.1 Å². The number of para-hydroxylation sites is 4. The first-order chi connectivity index (χ1) is 17.7. The molecule has 2 heterocycles. The summed E-state index contributed by atoms with van der Waals surface area (Å²) in [4.78, 5) is 32.1. The highest BCUT2D eigenvalue weighted by Crippen LogP contribution is 2.22. The molecule has 1 fully saturated rings. The van der Waals surface area contributed by atoms with Crippen molar-refractivity contribution in [1.29, 1.82) is 0 Å². The number of fused-ring (bicyclic) bond motifs is 1. The molecule has 0 radical (unpaired) electrons. The van der Waals surface area contributed by atoms with Crippen molar-refractivity contribution < 1.29 is 9.59 Å². The Morgan fingerprint density at radius 1 is 0.833 bits per heavy atom. The number of rotatable bonds is 8. The van der Waals surface area contributed by atoms with Crippen molar-refractivity contribution in [2.24, 2.45) is 0 Å². The second-order valence-corrected chi connectivity index (χ2v) is 9.22. The Hall–Kier alpha value is -3.97. The molecule has 0 unspecified atom stereocenters. The fourth-order valence-corrected chi connectivity index (χ4v) is 4.79. The van der Waals surface area contributed by atoms with E-state index in [0.717, 1.165) is 54.2 Å². The van der Waals surface area contributed by atoms with Crippen LogP contribution in [-0.4, -0.2) is 51.9 Å². The van der Waals surface area contributed by atoms with Gasteiger partial charge in [0.2, 0.25) is 11.8 Å². The van der Waals surface area contributed by atoms with Crippen LogP contribution >= 0.6 is 0 Å². The average Bonchev–Trinajstić information content (AvgIpc) is 3.28. The third kappa shape index (κ3) is 5.80. The van der Waals surface area contributed by atoms with Gasteiger partial charge in [-0.1, -0.05) is 48.5 Å². The van der Waals surface area contributed by atoms with Crippen LogP contribution < -0.4 is 10.6 Å². The summed E-state index contributed by atoms with van der Waals surface area (Å²) in [5.41, 5.74) is 3.83. The Morgan fingerprint density at radius 2 is 1.50 bits per heavy atom. The number of hydrogen-bond acceptors (Lipinski definition) is 4. The first kappa shape index (κ1) is 23.8. The van der Waals surface area contributed by atoms with E-state index in [0.29, 0.717) is 19.4 Å². The van der Waals surface area contributed by atoms with E-state index in [9.17, 15) is 9.59 Å². The predicted molar refractivity (Wildman–Crippen MR) is 142 cm³/mol. The molecule has 1 aliphatic heterocycles. The summed E-state index contributed by atoms with van der Waals surface area (Å²) >= 11 is 0. The molecule has 36 heavy (non-hydrogen) atoms. The third-order valence-electron chi connectivity index (χ3n) is 6.60. The van der Waals surface area contributed by atoms with E-state index in [1.807, 2.05) is 66.7 Å². The lowest BCUT2D eigenvalue weighted by Crippen LogP contribution is -2.46. The summed E-state index contributed by atoms with van der Waals surface area (Å²) < 4.78 is 2.14. The minimum atomic E-state index is -0.00927. The fourth-order valence-electron chi connectivity index (χ4n) is 4.79. The highest BCUT2D eigenvalue weighted by atomic mass is 16.2. The number of piperidine rings is 1. The molecule has 4 aromatic rings.